The third-order valence-electron chi connectivity index (χ3n) is 5.72. The predicted octanol–water partition coefficient (Wildman–Crippen LogP) is 4.26. The molecule has 3 aromatic carbocycles. The summed E-state index contributed by atoms with van der Waals surface area (Å²) in [5.74, 6) is -0.174. The summed E-state index contributed by atoms with van der Waals surface area (Å²) in [7, 11) is -0.963. The minimum Gasteiger partial charge on any atom is -0.495 e. The number of nitrogens with one attached hydrogen (secondary N) is 1. The number of amides is 1. The number of benzene rings is 3. The van der Waals surface area contributed by atoms with Crippen molar-refractivity contribution in [2.24, 2.45) is 0 Å². The Bertz CT molecular complexity index is 1240. The standard InChI is InChI=1S/C25H26N2O4S/c1-27(17-18-7-4-3-5-8-18)32(29,30)24-16-21(12-14-23(24)31-2)25(28)26-22-13-11-19-9-6-10-20(19)15-22/h3-5,7-8,11-16H,6,9-10,17H2,1-2H3,(H,26,28). The Balaban J connectivity index is 1.59. The molecule has 0 aromatic heterocycles. The Hall–Kier alpha value is -3.16. The maximum atomic E-state index is 13.3. The van der Waals surface area contributed by atoms with Crippen LogP contribution in [0, 0.1) is 0 Å². The summed E-state index contributed by atoms with van der Waals surface area (Å²) in [5, 5.41) is 2.88. The van der Waals surface area contributed by atoms with Crippen molar-refractivity contribution in [3.05, 3.63) is 89.0 Å². The summed E-state index contributed by atoms with van der Waals surface area (Å²) in [6.45, 7) is 0.206. The smallest absolute Gasteiger partial charge is 0.255 e. The van der Waals surface area contributed by atoms with Crippen molar-refractivity contribution in [2.45, 2.75) is 30.7 Å². The predicted molar refractivity (Wildman–Crippen MR) is 125 cm³/mol. The molecule has 0 aliphatic heterocycles. The van der Waals surface area contributed by atoms with Gasteiger partial charge < -0.3 is 10.1 Å². The molecule has 4 rings (SSSR count). The van der Waals surface area contributed by atoms with Crippen molar-refractivity contribution in [2.75, 3.05) is 19.5 Å². The molecule has 0 unspecified atom stereocenters. The first-order valence-corrected chi connectivity index (χ1v) is 11.9. The van der Waals surface area contributed by atoms with Gasteiger partial charge in [0.2, 0.25) is 10.0 Å². The van der Waals surface area contributed by atoms with E-state index in [4.69, 9.17) is 4.74 Å². The highest BCUT2D eigenvalue weighted by Gasteiger charge is 2.26. The molecular weight excluding hydrogens is 424 g/mol. The first kappa shape index (κ1) is 22.0. The molecule has 3 aromatic rings. The van der Waals surface area contributed by atoms with Gasteiger partial charge in [-0.3, -0.25) is 4.79 Å². The number of sulfonamides is 1. The fourth-order valence-electron chi connectivity index (χ4n) is 3.97. The van der Waals surface area contributed by atoms with Crippen LogP contribution < -0.4 is 10.1 Å². The monoisotopic (exact) mass is 450 g/mol. The molecule has 0 fully saturated rings. The van der Waals surface area contributed by atoms with Crippen LogP contribution in [0.2, 0.25) is 0 Å². The van der Waals surface area contributed by atoms with E-state index in [1.54, 1.807) is 6.07 Å². The maximum Gasteiger partial charge on any atom is 0.255 e. The zero-order valence-electron chi connectivity index (χ0n) is 18.2. The average molecular weight is 451 g/mol. The Morgan fingerprint density at radius 1 is 1.00 bits per heavy atom. The molecule has 166 valence electrons. The van der Waals surface area contributed by atoms with E-state index in [0.29, 0.717) is 5.69 Å². The largest absolute Gasteiger partial charge is 0.495 e. The van der Waals surface area contributed by atoms with Gasteiger partial charge in [-0.05, 0) is 66.3 Å². The van der Waals surface area contributed by atoms with Crippen molar-refractivity contribution in [1.82, 2.24) is 4.31 Å². The van der Waals surface area contributed by atoms with Gasteiger partial charge in [0.15, 0.2) is 0 Å². The number of aryl methyl sites for hydroxylation is 2. The quantitative estimate of drug-likeness (QED) is 0.584. The Kier molecular flexibility index (Phi) is 6.30. The van der Waals surface area contributed by atoms with Crippen molar-refractivity contribution in [1.29, 1.82) is 0 Å². The van der Waals surface area contributed by atoms with E-state index >= 15 is 0 Å². The van der Waals surface area contributed by atoms with Crippen LogP contribution in [0.4, 0.5) is 5.69 Å². The minimum absolute atomic E-state index is 0.0416. The van der Waals surface area contributed by atoms with Gasteiger partial charge in [-0.25, -0.2) is 8.42 Å². The van der Waals surface area contributed by atoms with Crippen molar-refractivity contribution in [3.8, 4) is 5.75 Å². The van der Waals surface area contributed by atoms with Crippen LogP contribution in [0.25, 0.3) is 0 Å². The van der Waals surface area contributed by atoms with E-state index in [0.717, 1.165) is 24.8 Å². The van der Waals surface area contributed by atoms with Gasteiger partial charge in [0.1, 0.15) is 10.6 Å². The molecular formula is C25H26N2O4S. The topological polar surface area (TPSA) is 75.7 Å². The molecule has 1 amide bonds. The molecule has 7 heteroatoms. The number of fused-ring (bicyclic) bond motifs is 1. The zero-order chi connectivity index (χ0) is 22.7. The molecule has 0 bridgehead atoms. The number of rotatable bonds is 7. The minimum atomic E-state index is -3.89. The number of carbonyl (C=O) groups excluding carboxylic acids is 1. The second-order valence-corrected chi connectivity index (χ2v) is 9.92. The second kappa shape index (κ2) is 9.14. The van der Waals surface area contributed by atoms with Crippen molar-refractivity contribution in [3.63, 3.8) is 0 Å². The van der Waals surface area contributed by atoms with Gasteiger partial charge in [0.25, 0.3) is 5.91 Å². The number of carbonyl (C=O) groups is 1. The lowest BCUT2D eigenvalue weighted by molar-refractivity contribution is 0.102. The molecule has 0 spiro atoms. The summed E-state index contributed by atoms with van der Waals surface area (Å²) in [6, 6.07) is 19.7. The highest BCUT2D eigenvalue weighted by atomic mass is 32.2. The SMILES string of the molecule is COc1ccc(C(=O)Nc2ccc3c(c2)CCC3)cc1S(=O)(=O)N(C)Cc1ccccc1. The number of methoxy groups -OCH3 is 1. The molecule has 6 nitrogen and oxygen atoms in total. The van der Waals surface area contributed by atoms with E-state index in [1.807, 2.05) is 48.5 Å². The first-order valence-electron chi connectivity index (χ1n) is 10.5. The van der Waals surface area contributed by atoms with Gasteiger partial charge in [0, 0.05) is 24.8 Å². The summed E-state index contributed by atoms with van der Waals surface area (Å²) >= 11 is 0. The van der Waals surface area contributed by atoms with E-state index < -0.39 is 10.0 Å². The molecule has 0 atom stereocenters. The first-order chi connectivity index (χ1) is 15.4. The molecule has 32 heavy (non-hydrogen) atoms. The summed E-state index contributed by atoms with van der Waals surface area (Å²) < 4.78 is 33.1. The highest BCUT2D eigenvalue weighted by Crippen LogP contribution is 2.29. The lowest BCUT2D eigenvalue weighted by Crippen LogP contribution is -2.27. The number of nitrogens with zero attached hydrogens (tertiary/aromatic N) is 1. The highest BCUT2D eigenvalue weighted by molar-refractivity contribution is 7.89. The Morgan fingerprint density at radius 3 is 2.50 bits per heavy atom. The van der Waals surface area contributed by atoms with Crippen molar-refractivity contribution < 1.29 is 17.9 Å². The summed E-state index contributed by atoms with van der Waals surface area (Å²) in [6.07, 6.45) is 3.21. The second-order valence-electron chi connectivity index (χ2n) is 7.90. The van der Waals surface area contributed by atoms with Crippen LogP contribution in [0.15, 0.2) is 71.6 Å². The van der Waals surface area contributed by atoms with Crippen LogP contribution in [0.5, 0.6) is 5.75 Å². The maximum absolute atomic E-state index is 13.3. The van der Waals surface area contributed by atoms with E-state index in [-0.39, 0.29) is 28.7 Å². The third kappa shape index (κ3) is 4.54. The Labute approximate surface area is 188 Å². The van der Waals surface area contributed by atoms with Crippen molar-refractivity contribution >= 4 is 21.6 Å². The Morgan fingerprint density at radius 2 is 1.75 bits per heavy atom. The number of hydrogen-bond donors (Lipinski definition) is 1. The van der Waals surface area contributed by atoms with Gasteiger partial charge >= 0.3 is 0 Å². The zero-order valence-corrected chi connectivity index (χ0v) is 19.0. The van der Waals surface area contributed by atoms with Crippen LogP contribution in [-0.4, -0.2) is 32.8 Å². The van der Waals surface area contributed by atoms with Crippen LogP contribution in [0.3, 0.4) is 0 Å². The lowest BCUT2D eigenvalue weighted by atomic mass is 10.1. The molecule has 1 aliphatic carbocycles. The van der Waals surface area contributed by atoms with Crippen LogP contribution in [-0.2, 0) is 29.4 Å². The third-order valence-corrected chi connectivity index (χ3v) is 7.54. The molecule has 0 radical (unpaired) electrons. The summed E-state index contributed by atoms with van der Waals surface area (Å²) in [5.41, 5.74) is 4.39. The average Bonchev–Trinajstić information content (AvgIpc) is 3.27. The van der Waals surface area contributed by atoms with Gasteiger partial charge in [-0.1, -0.05) is 36.4 Å². The van der Waals surface area contributed by atoms with Crippen LogP contribution >= 0.6 is 0 Å². The fourth-order valence-corrected chi connectivity index (χ4v) is 5.30. The van der Waals surface area contributed by atoms with Gasteiger partial charge in [0.05, 0.1) is 7.11 Å². The van der Waals surface area contributed by atoms with Gasteiger partial charge in [-0.2, -0.15) is 4.31 Å². The van der Waals surface area contributed by atoms with E-state index in [9.17, 15) is 13.2 Å². The number of hydrogen-bond acceptors (Lipinski definition) is 4. The molecule has 1 N–H and O–H groups in total. The molecule has 0 heterocycles. The van der Waals surface area contributed by atoms with E-state index in [1.165, 1.54) is 41.7 Å². The number of ether oxygens (including phenoxy) is 1. The lowest BCUT2D eigenvalue weighted by Gasteiger charge is -2.19. The molecule has 0 saturated carbocycles. The van der Waals surface area contributed by atoms with E-state index in [2.05, 4.69) is 5.32 Å². The fraction of sp³-hybridized carbons (Fsp3) is 0.240. The van der Waals surface area contributed by atoms with Gasteiger partial charge in [-0.15, -0.1) is 0 Å². The number of anilines is 1. The summed E-state index contributed by atoms with van der Waals surface area (Å²) in [4.78, 5) is 12.9. The molecule has 1 aliphatic rings. The normalized spacial score (nSPS) is 13.1. The molecule has 0 saturated heterocycles. The van der Waals surface area contributed by atoms with Crippen LogP contribution in [0.1, 0.15) is 33.5 Å².